The summed E-state index contributed by atoms with van der Waals surface area (Å²) in [6.45, 7) is 4.43. The second kappa shape index (κ2) is 5.95. The van der Waals surface area contributed by atoms with E-state index in [1.54, 1.807) is 0 Å². The molecular formula is C15H18OS2. The Balaban J connectivity index is 2.11. The predicted octanol–water partition coefficient (Wildman–Crippen LogP) is 3.43. The Labute approximate surface area is 116 Å². The topological polar surface area (TPSA) is 17.1 Å². The molecule has 3 heteroatoms. The molecule has 1 aliphatic rings. The molecule has 0 aromatic heterocycles. The van der Waals surface area contributed by atoms with Gasteiger partial charge in [0.1, 0.15) is 4.58 Å². The number of benzene rings is 1. The van der Waals surface area contributed by atoms with Crippen molar-refractivity contribution in [3.8, 4) is 12.3 Å². The quantitative estimate of drug-likeness (QED) is 0.771. The van der Waals surface area contributed by atoms with E-state index in [-0.39, 0.29) is 4.58 Å². The van der Waals surface area contributed by atoms with Crippen LogP contribution < -0.4 is 0 Å². The van der Waals surface area contributed by atoms with Crippen molar-refractivity contribution in [1.29, 1.82) is 0 Å². The van der Waals surface area contributed by atoms with Gasteiger partial charge in [0, 0.05) is 22.1 Å². The van der Waals surface area contributed by atoms with Gasteiger partial charge in [0.2, 0.25) is 0 Å². The van der Waals surface area contributed by atoms with E-state index in [1.807, 2.05) is 36.0 Å². The number of hydrogen-bond donors (Lipinski definition) is 0. The maximum absolute atomic E-state index is 12.3. The summed E-state index contributed by atoms with van der Waals surface area (Å²) < 4.78 is 12.4. The molecular weight excluding hydrogens is 260 g/mol. The summed E-state index contributed by atoms with van der Waals surface area (Å²) in [5.74, 6) is 5.73. The van der Waals surface area contributed by atoms with Crippen LogP contribution in [-0.4, -0.2) is 15.7 Å². The molecule has 0 amide bonds. The lowest BCUT2D eigenvalue weighted by Gasteiger charge is -2.30. The van der Waals surface area contributed by atoms with Gasteiger partial charge in [-0.25, -0.2) is 0 Å². The van der Waals surface area contributed by atoms with Gasteiger partial charge >= 0.3 is 0 Å². The van der Waals surface area contributed by atoms with E-state index in [2.05, 4.69) is 19.8 Å². The van der Waals surface area contributed by atoms with Gasteiger partial charge < -0.3 is 0 Å². The average molecular weight is 278 g/mol. The lowest BCUT2D eigenvalue weighted by molar-refractivity contribution is 0.464. The zero-order valence-corrected chi connectivity index (χ0v) is 12.4. The fraction of sp³-hybridized carbons (Fsp3) is 0.467. The predicted molar refractivity (Wildman–Crippen MR) is 80.9 cm³/mol. The molecule has 0 bridgehead atoms. The molecule has 3 atom stereocenters. The second-order valence-electron chi connectivity index (χ2n) is 4.98. The van der Waals surface area contributed by atoms with Gasteiger partial charge in [-0.3, -0.25) is 4.21 Å². The highest BCUT2D eigenvalue weighted by Crippen LogP contribution is 2.40. The van der Waals surface area contributed by atoms with Crippen molar-refractivity contribution in [2.75, 3.05) is 11.5 Å². The van der Waals surface area contributed by atoms with Crippen LogP contribution in [0.1, 0.15) is 29.6 Å². The molecule has 0 N–H and O–H groups in total. The van der Waals surface area contributed by atoms with Crippen LogP contribution in [0.15, 0.2) is 24.3 Å². The fourth-order valence-electron chi connectivity index (χ4n) is 2.00. The summed E-state index contributed by atoms with van der Waals surface area (Å²) in [5, 5.41) is 0. The molecule has 1 nitrogen and oxygen atoms in total. The van der Waals surface area contributed by atoms with Crippen molar-refractivity contribution in [2.45, 2.75) is 18.4 Å². The van der Waals surface area contributed by atoms with Crippen molar-refractivity contribution < 1.29 is 4.21 Å². The molecule has 1 heterocycles. The van der Waals surface area contributed by atoms with Gasteiger partial charge in [0.25, 0.3) is 0 Å². The Bertz CT molecular complexity index is 470. The molecule has 1 aliphatic heterocycles. The van der Waals surface area contributed by atoms with Crippen LogP contribution in [0.4, 0.5) is 0 Å². The van der Waals surface area contributed by atoms with Gasteiger partial charge in [-0.05, 0) is 35.3 Å². The van der Waals surface area contributed by atoms with Crippen molar-refractivity contribution in [1.82, 2.24) is 0 Å². The highest BCUT2D eigenvalue weighted by atomic mass is 32.2. The van der Waals surface area contributed by atoms with Crippen LogP contribution >= 0.6 is 11.8 Å². The van der Waals surface area contributed by atoms with E-state index in [9.17, 15) is 4.21 Å². The van der Waals surface area contributed by atoms with Gasteiger partial charge in [-0.15, -0.1) is 18.2 Å². The van der Waals surface area contributed by atoms with E-state index in [1.165, 1.54) is 0 Å². The van der Waals surface area contributed by atoms with Crippen LogP contribution in [0, 0.1) is 24.2 Å². The first kappa shape index (κ1) is 13.7. The standard InChI is InChI=1S/C15H18OS2/c1-4-12-5-7-13(8-6-12)15-17-9-14(11(2)3)10-18(15)16/h1,5-8,11,14-15H,9-10H2,2-3H3. The third-order valence-electron chi connectivity index (χ3n) is 3.37. The lowest BCUT2D eigenvalue weighted by Crippen LogP contribution is -2.27. The first-order valence-electron chi connectivity index (χ1n) is 6.17. The summed E-state index contributed by atoms with van der Waals surface area (Å²) in [7, 11) is -0.777. The van der Waals surface area contributed by atoms with Gasteiger partial charge in [-0.2, -0.15) is 0 Å². The van der Waals surface area contributed by atoms with Gasteiger partial charge in [0.05, 0.1) is 0 Å². The summed E-state index contributed by atoms with van der Waals surface area (Å²) in [5.41, 5.74) is 2.02. The number of rotatable bonds is 2. The third-order valence-corrected chi connectivity index (χ3v) is 7.13. The molecule has 1 saturated heterocycles. The molecule has 1 fully saturated rings. The van der Waals surface area contributed by atoms with Crippen LogP contribution in [0.5, 0.6) is 0 Å². The molecule has 0 aliphatic carbocycles. The van der Waals surface area contributed by atoms with Crippen molar-refractivity contribution >= 4 is 22.6 Å². The smallest absolute Gasteiger partial charge is 0.105 e. The Morgan fingerprint density at radius 1 is 1.39 bits per heavy atom. The van der Waals surface area contributed by atoms with Crippen LogP contribution in [0.3, 0.4) is 0 Å². The number of thioether (sulfide) groups is 1. The summed E-state index contributed by atoms with van der Waals surface area (Å²) in [6, 6.07) is 7.89. The van der Waals surface area contributed by atoms with Gasteiger partial charge in [-0.1, -0.05) is 31.9 Å². The normalized spacial score (nSPS) is 28.0. The fourth-order valence-corrected chi connectivity index (χ4v) is 6.07. The Kier molecular flexibility index (Phi) is 4.53. The Morgan fingerprint density at radius 2 is 2.06 bits per heavy atom. The zero-order valence-electron chi connectivity index (χ0n) is 10.8. The Hall–Kier alpha value is -0.720. The monoisotopic (exact) mass is 278 g/mol. The molecule has 2 rings (SSSR count). The number of terminal acetylenes is 1. The first-order chi connectivity index (χ1) is 8.61. The molecule has 96 valence electrons. The molecule has 1 aromatic rings. The first-order valence-corrected chi connectivity index (χ1v) is 8.60. The van der Waals surface area contributed by atoms with E-state index < -0.39 is 10.8 Å². The van der Waals surface area contributed by atoms with E-state index in [0.29, 0.717) is 11.8 Å². The summed E-state index contributed by atoms with van der Waals surface area (Å²) >= 11 is 1.82. The van der Waals surface area contributed by atoms with Crippen LogP contribution in [0.25, 0.3) is 0 Å². The highest BCUT2D eigenvalue weighted by Gasteiger charge is 2.30. The van der Waals surface area contributed by atoms with Crippen molar-refractivity contribution in [2.24, 2.45) is 11.8 Å². The maximum Gasteiger partial charge on any atom is 0.105 e. The molecule has 18 heavy (non-hydrogen) atoms. The maximum atomic E-state index is 12.3. The number of hydrogen-bond acceptors (Lipinski definition) is 2. The van der Waals surface area contributed by atoms with E-state index >= 15 is 0 Å². The third kappa shape index (κ3) is 2.99. The van der Waals surface area contributed by atoms with E-state index in [4.69, 9.17) is 6.42 Å². The molecule has 0 saturated carbocycles. The van der Waals surface area contributed by atoms with E-state index in [0.717, 1.165) is 22.6 Å². The summed E-state index contributed by atoms with van der Waals surface area (Å²) in [6.07, 6.45) is 5.34. The minimum Gasteiger partial charge on any atom is -0.258 e. The molecule has 1 aromatic carbocycles. The molecule has 3 unspecified atom stereocenters. The van der Waals surface area contributed by atoms with Crippen molar-refractivity contribution in [3.05, 3.63) is 35.4 Å². The zero-order chi connectivity index (χ0) is 13.1. The molecule has 0 spiro atoms. The largest absolute Gasteiger partial charge is 0.258 e. The minimum atomic E-state index is -0.777. The van der Waals surface area contributed by atoms with Crippen LogP contribution in [-0.2, 0) is 10.8 Å². The molecule has 0 radical (unpaired) electrons. The van der Waals surface area contributed by atoms with Gasteiger partial charge in [0.15, 0.2) is 0 Å². The summed E-state index contributed by atoms with van der Waals surface area (Å²) in [4.78, 5) is 0. The lowest BCUT2D eigenvalue weighted by atomic mass is 10.0. The minimum absolute atomic E-state index is 0.117. The Morgan fingerprint density at radius 3 is 2.56 bits per heavy atom. The average Bonchev–Trinajstić information content (AvgIpc) is 2.38. The second-order valence-corrected chi connectivity index (χ2v) is 7.99. The SMILES string of the molecule is C#Cc1ccc(C2SCC(C(C)C)CS2=O)cc1. The van der Waals surface area contributed by atoms with Crippen molar-refractivity contribution in [3.63, 3.8) is 0 Å². The highest BCUT2D eigenvalue weighted by molar-refractivity contribution is 8.11. The van der Waals surface area contributed by atoms with Crippen LogP contribution in [0.2, 0.25) is 0 Å².